The predicted molar refractivity (Wildman–Crippen MR) is 119 cm³/mol. The summed E-state index contributed by atoms with van der Waals surface area (Å²) in [6.45, 7) is 1.71. The average Bonchev–Trinajstić information content (AvgIpc) is 3.48. The van der Waals surface area contributed by atoms with Crippen LogP contribution in [0.15, 0.2) is 42.6 Å². The molecule has 1 fully saturated rings. The fourth-order valence-corrected chi connectivity index (χ4v) is 4.47. The van der Waals surface area contributed by atoms with Crippen LogP contribution in [0.4, 0.5) is 15.8 Å². The van der Waals surface area contributed by atoms with E-state index in [0.717, 1.165) is 23.4 Å². The Hall–Kier alpha value is -3.94. The van der Waals surface area contributed by atoms with Gasteiger partial charge in [-0.3, -0.25) is 9.78 Å². The summed E-state index contributed by atoms with van der Waals surface area (Å²) in [5.41, 5.74) is 6.01. The molecule has 3 N–H and O–H groups in total. The third-order valence-corrected chi connectivity index (χ3v) is 6.30. The number of nitrogens with zero attached hydrogens (tertiary/aromatic N) is 2. The highest BCUT2D eigenvalue weighted by atomic mass is 19.1. The van der Waals surface area contributed by atoms with E-state index in [4.69, 9.17) is 4.74 Å². The summed E-state index contributed by atoms with van der Waals surface area (Å²) in [6, 6.07) is 10.5. The molecule has 7 nitrogen and oxygen atoms in total. The molecule has 1 amide bonds. The van der Waals surface area contributed by atoms with Gasteiger partial charge in [-0.15, -0.1) is 0 Å². The lowest BCUT2D eigenvalue weighted by molar-refractivity contribution is 0.0944. The fourth-order valence-electron chi connectivity index (χ4n) is 4.47. The number of aromatic nitrogens is 3. The number of hydrogen-bond donors (Lipinski definition) is 3. The number of methoxy groups -OCH3 is 1. The molecule has 1 aromatic carbocycles. The summed E-state index contributed by atoms with van der Waals surface area (Å²) in [4.78, 5) is 25.5. The second-order valence-corrected chi connectivity index (χ2v) is 8.20. The number of halogens is 1. The molecule has 0 radical (unpaired) electrons. The lowest BCUT2D eigenvalue weighted by atomic mass is 10.0. The molecule has 2 atom stereocenters. The first-order chi connectivity index (χ1) is 15.5. The highest BCUT2D eigenvalue weighted by molar-refractivity contribution is 6.09. The monoisotopic (exact) mass is 429 g/mol. The lowest BCUT2D eigenvalue weighted by Gasteiger charge is -2.16. The van der Waals surface area contributed by atoms with Crippen LogP contribution in [-0.4, -0.2) is 34.0 Å². The second-order valence-electron chi connectivity index (χ2n) is 8.20. The van der Waals surface area contributed by atoms with Crippen molar-refractivity contribution in [2.45, 2.75) is 25.3 Å². The molecule has 32 heavy (non-hydrogen) atoms. The van der Waals surface area contributed by atoms with Gasteiger partial charge in [-0.05, 0) is 37.6 Å². The zero-order valence-electron chi connectivity index (χ0n) is 17.5. The first-order valence-corrected chi connectivity index (χ1v) is 10.4. The molecule has 1 aliphatic carbocycles. The van der Waals surface area contributed by atoms with E-state index in [1.807, 2.05) is 12.1 Å². The molecule has 8 heteroatoms. The minimum atomic E-state index is -0.312. The Labute approximate surface area is 183 Å². The van der Waals surface area contributed by atoms with Crippen LogP contribution >= 0.6 is 0 Å². The van der Waals surface area contributed by atoms with Crippen molar-refractivity contribution in [1.29, 1.82) is 0 Å². The average molecular weight is 429 g/mol. The third kappa shape index (κ3) is 2.76. The number of anilines is 2. The number of benzene rings is 1. The predicted octanol–water partition coefficient (Wildman–Crippen LogP) is 4.42. The third-order valence-electron chi connectivity index (χ3n) is 6.30. The van der Waals surface area contributed by atoms with Gasteiger partial charge in [-0.1, -0.05) is 6.07 Å². The standard InChI is InChI=1S/C24H20FN5O2/c1-11-14(25)4-3-5-15(11)27-23-19-21(13-10-17(13)28-24(19)31)30-22(23)12-8-9-26-16-6-7-18(32-2)29-20(12)16/h3-9,13,17,27,30H,10H2,1-2H3,(H,28,31). The molecule has 0 saturated heterocycles. The van der Waals surface area contributed by atoms with Crippen LogP contribution < -0.4 is 15.4 Å². The van der Waals surface area contributed by atoms with Gasteiger partial charge in [-0.25, -0.2) is 9.37 Å². The number of pyridine rings is 2. The lowest BCUT2D eigenvalue weighted by Crippen LogP contribution is -2.31. The maximum absolute atomic E-state index is 14.2. The maximum atomic E-state index is 14.2. The van der Waals surface area contributed by atoms with Crippen molar-refractivity contribution in [2.24, 2.45) is 0 Å². The Morgan fingerprint density at radius 2 is 2.09 bits per heavy atom. The molecule has 0 spiro atoms. The van der Waals surface area contributed by atoms with Crippen molar-refractivity contribution in [3.63, 3.8) is 0 Å². The molecule has 6 rings (SSSR count). The van der Waals surface area contributed by atoms with Crippen LogP contribution in [0.25, 0.3) is 22.3 Å². The van der Waals surface area contributed by atoms with Crippen LogP contribution in [0.3, 0.4) is 0 Å². The van der Waals surface area contributed by atoms with E-state index in [9.17, 15) is 9.18 Å². The summed E-state index contributed by atoms with van der Waals surface area (Å²) in [5.74, 6) is 0.273. The largest absolute Gasteiger partial charge is 0.481 e. The summed E-state index contributed by atoms with van der Waals surface area (Å²) in [7, 11) is 1.56. The molecule has 4 heterocycles. The van der Waals surface area contributed by atoms with Crippen LogP contribution in [0.1, 0.15) is 34.0 Å². The van der Waals surface area contributed by atoms with E-state index in [1.54, 1.807) is 38.4 Å². The molecule has 160 valence electrons. The minimum absolute atomic E-state index is 0.137. The molecular weight excluding hydrogens is 409 g/mol. The van der Waals surface area contributed by atoms with Gasteiger partial charge in [0, 0.05) is 46.7 Å². The normalized spacial score (nSPS) is 18.7. The highest BCUT2D eigenvalue weighted by Crippen LogP contribution is 2.50. The Morgan fingerprint density at radius 3 is 2.94 bits per heavy atom. The van der Waals surface area contributed by atoms with Crippen molar-refractivity contribution < 1.29 is 13.9 Å². The number of H-pyrrole nitrogens is 1. The molecule has 0 bridgehead atoms. The van der Waals surface area contributed by atoms with Gasteiger partial charge in [0.05, 0.1) is 29.6 Å². The zero-order valence-corrected chi connectivity index (χ0v) is 17.5. The van der Waals surface area contributed by atoms with E-state index in [2.05, 4.69) is 25.6 Å². The summed E-state index contributed by atoms with van der Waals surface area (Å²) < 4.78 is 19.6. The topological polar surface area (TPSA) is 91.9 Å². The number of aromatic amines is 1. The minimum Gasteiger partial charge on any atom is -0.481 e. The van der Waals surface area contributed by atoms with E-state index in [0.29, 0.717) is 39.4 Å². The first-order valence-electron chi connectivity index (χ1n) is 10.4. The smallest absolute Gasteiger partial charge is 0.255 e. The van der Waals surface area contributed by atoms with Crippen LogP contribution in [0.5, 0.6) is 5.88 Å². The van der Waals surface area contributed by atoms with Crippen LogP contribution in [0, 0.1) is 12.7 Å². The summed E-state index contributed by atoms with van der Waals surface area (Å²) >= 11 is 0. The van der Waals surface area contributed by atoms with Gasteiger partial charge in [0.25, 0.3) is 5.91 Å². The number of amides is 1. The number of hydrogen-bond acceptors (Lipinski definition) is 5. The van der Waals surface area contributed by atoms with Crippen LogP contribution in [-0.2, 0) is 0 Å². The molecule has 1 saturated carbocycles. The quantitative estimate of drug-likeness (QED) is 0.447. The van der Waals surface area contributed by atoms with Crippen molar-refractivity contribution in [1.82, 2.24) is 20.3 Å². The summed E-state index contributed by atoms with van der Waals surface area (Å²) in [6.07, 6.45) is 2.61. The molecule has 4 aromatic rings. The van der Waals surface area contributed by atoms with Crippen molar-refractivity contribution in [3.05, 3.63) is 65.2 Å². The number of carbonyl (C=O) groups excluding carboxylic acids is 1. The van der Waals surface area contributed by atoms with Gasteiger partial charge in [0.2, 0.25) is 5.88 Å². The molecule has 3 aromatic heterocycles. The van der Waals surface area contributed by atoms with Crippen LogP contribution in [0.2, 0.25) is 0 Å². The Bertz CT molecular complexity index is 1410. The highest BCUT2D eigenvalue weighted by Gasteiger charge is 2.48. The van der Waals surface area contributed by atoms with Gasteiger partial charge in [0.1, 0.15) is 11.3 Å². The van der Waals surface area contributed by atoms with E-state index >= 15 is 0 Å². The second kappa shape index (κ2) is 6.78. The number of carbonyl (C=O) groups is 1. The van der Waals surface area contributed by atoms with Crippen molar-refractivity contribution in [2.75, 3.05) is 12.4 Å². The molecule has 2 aliphatic rings. The first kappa shape index (κ1) is 18.8. The molecule has 1 aliphatic heterocycles. The van der Waals surface area contributed by atoms with E-state index in [-0.39, 0.29) is 23.7 Å². The van der Waals surface area contributed by atoms with E-state index < -0.39 is 0 Å². The van der Waals surface area contributed by atoms with Gasteiger partial charge in [0.15, 0.2) is 0 Å². The Balaban J connectivity index is 1.61. The van der Waals surface area contributed by atoms with Crippen molar-refractivity contribution >= 4 is 28.3 Å². The molecular formula is C24H20FN5O2. The number of fused-ring (bicyclic) bond motifs is 4. The maximum Gasteiger partial charge on any atom is 0.255 e. The molecule has 2 unspecified atom stereocenters. The number of ether oxygens (including phenoxy) is 1. The summed E-state index contributed by atoms with van der Waals surface area (Å²) in [5, 5.41) is 6.40. The van der Waals surface area contributed by atoms with E-state index in [1.165, 1.54) is 6.07 Å². The SMILES string of the molecule is COc1ccc2nccc(-c3[nH]c4c(c3Nc3cccc(F)c3C)C(=O)NC3CC43)c2n1. The Morgan fingerprint density at radius 1 is 1.22 bits per heavy atom. The van der Waals surface area contributed by atoms with Crippen molar-refractivity contribution in [3.8, 4) is 17.1 Å². The van der Waals surface area contributed by atoms with Gasteiger partial charge in [-0.2, -0.15) is 0 Å². The van der Waals surface area contributed by atoms with Gasteiger partial charge < -0.3 is 20.4 Å². The zero-order chi connectivity index (χ0) is 22.0. The Kier molecular flexibility index (Phi) is 3.98. The van der Waals surface area contributed by atoms with Gasteiger partial charge >= 0.3 is 0 Å². The number of nitrogens with one attached hydrogen (secondary N) is 3. The number of rotatable bonds is 4. The fraction of sp³-hybridized carbons (Fsp3) is 0.208.